The number of anilines is 1. The molecule has 0 unspecified atom stereocenters. The van der Waals surface area contributed by atoms with Crippen molar-refractivity contribution < 1.29 is 27.7 Å². The highest BCUT2D eigenvalue weighted by Gasteiger charge is 2.65. The Kier molecular flexibility index (Phi) is 5.40. The smallest absolute Gasteiger partial charge is 0.323 e. The predicted molar refractivity (Wildman–Crippen MR) is 122 cm³/mol. The fraction of sp³-hybridized carbons (Fsp3) is 0.240. The lowest BCUT2D eigenvalue weighted by atomic mass is 9.70. The Morgan fingerprint density at radius 3 is 2.53 bits per heavy atom. The van der Waals surface area contributed by atoms with E-state index in [4.69, 9.17) is 0 Å². The summed E-state index contributed by atoms with van der Waals surface area (Å²) in [6.07, 6.45) is -1.91. The van der Waals surface area contributed by atoms with Gasteiger partial charge in [-0.3, -0.25) is 29.6 Å². The lowest BCUT2D eigenvalue weighted by Gasteiger charge is -2.35. The molecule has 2 aliphatic heterocycles. The van der Waals surface area contributed by atoms with Gasteiger partial charge in [-0.2, -0.15) is 13.2 Å². The van der Waals surface area contributed by atoms with Gasteiger partial charge in [-0.05, 0) is 30.8 Å². The van der Waals surface area contributed by atoms with Crippen LogP contribution < -0.4 is 5.32 Å². The molecule has 2 aliphatic rings. The van der Waals surface area contributed by atoms with Gasteiger partial charge in [0.1, 0.15) is 5.54 Å². The lowest BCUT2D eigenvalue weighted by Crippen LogP contribution is -2.51. The number of benzene rings is 2. The SMILES string of the molecule is CN1C[C@H](c2cccc([N+](=O)[O-])c2)[C@@H](C(=O)c2ccncc2)[C@@]12C(=O)Nc1c(C(F)(F)F)cccc12. The van der Waals surface area contributed by atoms with E-state index in [1.807, 2.05) is 0 Å². The first kappa shape index (κ1) is 23.6. The van der Waals surface area contributed by atoms with Crippen molar-refractivity contribution in [3.63, 3.8) is 0 Å². The van der Waals surface area contributed by atoms with Gasteiger partial charge >= 0.3 is 6.18 Å². The van der Waals surface area contributed by atoms with Gasteiger partial charge in [-0.15, -0.1) is 0 Å². The number of nitro benzene ring substituents is 1. The van der Waals surface area contributed by atoms with E-state index in [1.165, 1.54) is 54.9 Å². The van der Waals surface area contributed by atoms with Crippen molar-refractivity contribution >= 4 is 23.1 Å². The Balaban J connectivity index is 1.76. The molecular weight excluding hydrogens is 477 g/mol. The van der Waals surface area contributed by atoms with Crippen LogP contribution in [-0.4, -0.2) is 40.1 Å². The van der Waals surface area contributed by atoms with E-state index < -0.39 is 45.7 Å². The second-order valence-electron chi connectivity index (χ2n) is 8.86. The quantitative estimate of drug-likeness (QED) is 0.327. The third-order valence-electron chi connectivity index (χ3n) is 7.05. The first-order valence-electron chi connectivity index (χ1n) is 11.0. The maximum absolute atomic E-state index is 14.0. The summed E-state index contributed by atoms with van der Waals surface area (Å²) in [7, 11) is 1.57. The number of nitro groups is 1. The summed E-state index contributed by atoms with van der Waals surface area (Å²) in [5.74, 6) is -3.12. The highest BCUT2D eigenvalue weighted by Crippen LogP contribution is 2.57. The third-order valence-corrected chi connectivity index (χ3v) is 7.05. The van der Waals surface area contributed by atoms with E-state index in [2.05, 4.69) is 10.3 Å². The number of Topliss-reactive ketones (excluding diaryl/α,β-unsaturated/α-hetero) is 1. The van der Waals surface area contributed by atoms with Crippen LogP contribution >= 0.6 is 0 Å². The largest absolute Gasteiger partial charge is 0.418 e. The van der Waals surface area contributed by atoms with Crippen LogP contribution in [0.4, 0.5) is 24.5 Å². The predicted octanol–water partition coefficient (Wildman–Crippen LogP) is 4.38. The Morgan fingerprint density at radius 2 is 1.86 bits per heavy atom. The number of nitrogens with zero attached hydrogens (tertiary/aromatic N) is 3. The number of carbonyl (C=O) groups excluding carboxylic acids is 2. The molecule has 1 spiro atoms. The molecule has 11 heteroatoms. The van der Waals surface area contributed by atoms with Crippen molar-refractivity contribution in [3.8, 4) is 0 Å². The first-order valence-corrected chi connectivity index (χ1v) is 11.0. The number of carbonyl (C=O) groups is 2. The second-order valence-corrected chi connectivity index (χ2v) is 8.86. The molecule has 184 valence electrons. The normalized spacial score (nSPS) is 23.5. The topological polar surface area (TPSA) is 105 Å². The fourth-order valence-electron chi connectivity index (χ4n) is 5.57. The van der Waals surface area contributed by atoms with Gasteiger partial charge < -0.3 is 5.32 Å². The second kappa shape index (κ2) is 8.23. The number of likely N-dealkylation sites (tertiary alicyclic amines) is 1. The third kappa shape index (κ3) is 3.38. The Labute approximate surface area is 202 Å². The molecule has 8 nitrogen and oxygen atoms in total. The number of ketones is 1. The van der Waals surface area contributed by atoms with Gasteiger partial charge in [0, 0.05) is 48.1 Å². The maximum atomic E-state index is 14.0. The molecular formula is C25H19F3N4O4. The number of rotatable bonds is 4. The molecule has 2 aromatic carbocycles. The monoisotopic (exact) mass is 496 g/mol. The molecule has 3 heterocycles. The number of para-hydroxylation sites is 1. The summed E-state index contributed by atoms with van der Waals surface area (Å²) in [4.78, 5) is 44.0. The number of hydrogen-bond donors (Lipinski definition) is 1. The molecule has 5 rings (SSSR count). The average molecular weight is 496 g/mol. The van der Waals surface area contributed by atoms with Gasteiger partial charge in [0.25, 0.3) is 5.69 Å². The highest BCUT2D eigenvalue weighted by atomic mass is 19.4. The van der Waals surface area contributed by atoms with Gasteiger partial charge in [0.15, 0.2) is 5.78 Å². The van der Waals surface area contributed by atoms with Gasteiger partial charge in [0.05, 0.1) is 22.1 Å². The zero-order valence-electron chi connectivity index (χ0n) is 18.8. The summed E-state index contributed by atoms with van der Waals surface area (Å²) in [5.41, 5.74) is -2.62. The molecule has 1 saturated heterocycles. The molecule has 0 aliphatic carbocycles. The highest BCUT2D eigenvalue weighted by molar-refractivity contribution is 6.12. The number of halogens is 3. The molecule has 1 fully saturated rings. The van der Waals surface area contributed by atoms with Crippen molar-refractivity contribution in [1.82, 2.24) is 9.88 Å². The number of likely N-dealkylation sites (N-methyl/N-ethyl adjacent to an activating group) is 1. The van der Waals surface area contributed by atoms with E-state index >= 15 is 0 Å². The zero-order chi connectivity index (χ0) is 25.8. The van der Waals surface area contributed by atoms with Crippen LogP contribution in [0, 0.1) is 16.0 Å². The van der Waals surface area contributed by atoms with Crippen LogP contribution in [0.25, 0.3) is 0 Å². The van der Waals surface area contributed by atoms with Crippen LogP contribution in [0.2, 0.25) is 0 Å². The number of amides is 1. The Hall–Kier alpha value is -4.12. The molecule has 1 aromatic heterocycles. The Bertz CT molecular complexity index is 1400. The number of aromatic nitrogens is 1. The van der Waals surface area contributed by atoms with E-state index in [-0.39, 0.29) is 29.0 Å². The Morgan fingerprint density at radius 1 is 1.17 bits per heavy atom. The molecule has 1 amide bonds. The van der Waals surface area contributed by atoms with E-state index in [1.54, 1.807) is 18.0 Å². The minimum Gasteiger partial charge on any atom is -0.323 e. The minimum atomic E-state index is -4.73. The maximum Gasteiger partial charge on any atom is 0.418 e. The van der Waals surface area contributed by atoms with Crippen molar-refractivity contribution in [3.05, 3.63) is 99.4 Å². The van der Waals surface area contributed by atoms with E-state index in [9.17, 15) is 32.9 Å². The standard InChI is InChI=1S/C25H19F3N4O4/c1-31-13-17(15-4-2-5-16(12-15)32(35)36)20(22(33)14-8-10-29-11-9-14)24(31)18-6-3-7-19(25(26,27)28)21(18)30-23(24)34/h2-12,17,20H,13H2,1H3,(H,30,34)/t17-,20+,24+/m1/s1. The molecule has 3 atom stereocenters. The number of hydrogen-bond acceptors (Lipinski definition) is 6. The van der Waals surface area contributed by atoms with Crippen molar-refractivity contribution in [1.29, 1.82) is 0 Å². The van der Waals surface area contributed by atoms with Crippen molar-refractivity contribution in [2.24, 2.45) is 5.92 Å². The van der Waals surface area contributed by atoms with E-state index in [0.29, 0.717) is 5.56 Å². The first-order chi connectivity index (χ1) is 17.1. The molecule has 1 N–H and O–H groups in total. The molecule has 3 aromatic rings. The van der Waals surface area contributed by atoms with Crippen LogP contribution in [0.5, 0.6) is 0 Å². The summed E-state index contributed by atoms with van der Waals surface area (Å²) >= 11 is 0. The fourth-order valence-corrected chi connectivity index (χ4v) is 5.57. The number of pyridine rings is 1. The molecule has 0 saturated carbocycles. The number of fused-ring (bicyclic) bond motifs is 2. The van der Waals surface area contributed by atoms with Crippen LogP contribution in [0.3, 0.4) is 0 Å². The van der Waals surface area contributed by atoms with E-state index in [0.717, 1.165) is 6.07 Å². The summed E-state index contributed by atoms with van der Waals surface area (Å²) in [6.45, 7) is 0.103. The van der Waals surface area contributed by atoms with Crippen molar-refractivity contribution in [2.45, 2.75) is 17.6 Å². The number of alkyl halides is 3. The summed E-state index contributed by atoms with van der Waals surface area (Å²) in [6, 6.07) is 12.2. The zero-order valence-corrected chi connectivity index (χ0v) is 18.8. The van der Waals surface area contributed by atoms with Crippen molar-refractivity contribution in [2.75, 3.05) is 18.9 Å². The van der Waals surface area contributed by atoms with Gasteiger partial charge in [0.2, 0.25) is 5.91 Å². The molecule has 36 heavy (non-hydrogen) atoms. The van der Waals surface area contributed by atoms with Gasteiger partial charge in [-0.1, -0.05) is 24.3 Å². The molecule has 0 bridgehead atoms. The average Bonchev–Trinajstić information content (AvgIpc) is 3.33. The number of non-ortho nitro benzene ring substituents is 1. The van der Waals surface area contributed by atoms with Gasteiger partial charge in [-0.25, -0.2) is 0 Å². The minimum absolute atomic E-state index is 0.0464. The molecule has 0 radical (unpaired) electrons. The van der Waals surface area contributed by atoms with Crippen LogP contribution in [0.1, 0.15) is 33.0 Å². The number of nitrogens with one attached hydrogen (secondary N) is 1. The lowest BCUT2D eigenvalue weighted by molar-refractivity contribution is -0.384. The summed E-state index contributed by atoms with van der Waals surface area (Å²) in [5, 5.41) is 13.8. The van der Waals surface area contributed by atoms with Crippen LogP contribution in [-0.2, 0) is 16.5 Å². The van der Waals surface area contributed by atoms with Crippen LogP contribution in [0.15, 0.2) is 67.0 Å². The summed E-state index contributed by atoms with van der Waals surface area (Å²) < 4.78 is 41.5.